The number of hydrogen-bond donors (Lipinski definition) is 3. The van der Waals surface area contributed by atoms with E-state index < -0.39 is 29.9 Å². The molecule has 0 spiro atoms. The third-order valence-corrected chi connectivity index (χ3v) is 7.41. The summed E-state index contributed by atoms with van der Waals surface area (Å²) in [6, 6.07) is 8.94. The van der Waals surface area contributed by atoms with Gasteiger partial charge in [0, 0.05) is 17.0 Å². The van der Waals surface area contributed by atoms with E-state index in [-0.39, 0.29) is 11.7 Å². The van der Waals surface area contributed by atoms with Crippen LogP contribution in [0.4, 0.5) is 10.2 Å². The van der Waals surface area contributed by atoms with E-state index >= 15 is 0 Å². The van der Waals surface area contributed by atoms with E-state index in [1.807, 2.05) is 44.3 Å². The molecule has 8 nitrogen and oxygen atoms in total. The second kappa shape index (κ2) is 7.43. The lowest BCUT2D eigenvalue weighted by molar-refractivity contribution is -0.0675. The number of fused-ring (bicyclic) bond motifs is 3. The quantitative estimate of drug-likeness (QED) is 0.427. The molecule has 0 radical (unpaired) electrons. The molecule has 1 saturated carbocycles. The standard InChI is InChI=1S/C25H26FN5O3/c1-12-17-6-8-31(23(17)29-13(2)28-12)24-20(32)25(33)7-5-16(21(25)34-24)9-14-3-4-15-11-18(26)22(27)30-19(15)10-14/h3-4,6,8,10-11,16,20-21,24,32-33H,5,7,9H2,1-2H3,(H2,27,30)/t16-,20-,21+,24+,25-/m0/s1. The highest BCUT2D eigenvalue weighted by molar-refractivity contribution is 5.81. The highest BCUT2D eigenvalue weighted by Crippen LogP contribution is 2.50. The topological polar surface area (TPSA) is 119 Å². The fourth-order valence-electron chi connectivity index (χ4n) is 5.72. The van der Waals surface area contributed by atoms with Gasteiger partial charge in [-0.25, -0.2) is 19.3 Å². The van der Waals surface area contributed by atoms with Crippen LogP contribution in [0.25, 0.3) is 21.9 Å². The van der Waals surface area contributed by atoms with E-state index in [0.717, 1.165) is 23.1 Å². The van der Waals surface area contributed by atoms with Gasteiger partial charge >= 0.3 is 0 Å². The minimum Gasteiger partial charge on any atom is -0.385 e. The maximum atomic E-state index is 13.7. The van der Waals surface area contributed by atoms with E-state index in [0.29, 0.717) is 35.2 Å². The van der Waals surface area contributed by atoms with Crippen LogP contribution >= 0.6 is 0 Å². The molecule has 4 heterocycles. The summed E-state index contributed by atoms with van der Waals surface area (Å²) in [7, 11) is 0. The molecular weight excluding hydrogens is 437 g/mol. The maximum Gasteiger partial charge on any atom is 0.165 e. The molecule has 1 aliphatic carbocycles. The van der Waals surface area contributed by atoms with Crippen LogP contribution in [-0.4, -0.2) is 47.5 Å². The van der Waals surface area contributed by atoms with Crippen molar-refractivity contribution in [3.05, 3.63) is 59.4 Å². The van der Waals surface area contributed by atoms with Crippen LogP contribution in [0.3, 0.4) is 0 Å². The molecule has 2 aliphatic rings. The van der Waals surface area contributed by atoms with Crippen molar-refractivity contribution in [2.45, 2.75) is 57.1 Å². The van der Waals surface area contributed by atoms with Gasteiger partial charge in [-0.3, -0.25) is 0 Å². The van der Waals surface area contributed by atoms with E-state index in [4.69, 9.17) is 10.5 Å². The first-order valence-corrected chi connectivity index (χ1v) is 11.5. The van der Waals surface area contributed by atoms with Crippen molar-refractivity contribution >= 4 is 27.8 Å². The average molecular weight is 464 g/mol. The minimum atomic E-state index is -1.34. The molecular formula is C25H26FN5O3. The van der Waals surface area contributed by atoms with Gasteiger partial charge in [0.25, 0.3) is 0 Å². The van der Waals surface area contributed by atoms with Crippen LogP contribution in [0.15, 0.2) is 36.5 Å². The van der Waals surface area contributed by atoms with Crippen molar-refractivity contribution in [3.8, 4) is 0 Å². The van der Waals surface area contributed by atoms with Crippen LogP contribution in [0.1, 0.15) is 36.2 Å². The highest BCUT2D eigenvalue weighted by atomic mass is 19.1. The summed E-state index contributed by atoms with van der Waals surface area (Å²) in [6.45, 7) is 3.75. The lowest BCUT2D eigenvalue weighted by atomic mass is 9.90. The van der Waals surface area contributed by atoms with Crippen LogP contribution in [-0.2, 0) is 11.2 Å². The Bertz CT molecular complexity index is 1440. The summed E-state index contributed by atoms with van der Waals surface area (Å²) < 4.78 is 21.9. The lowest BCUT2D eigenvalue weighted by Crippen LogP contribution is -2.45. The van der Waals surface area contributed by atoms with E-state index in [1.54, 1.807) is 4.57 Å². The normalized spacial score (nSPS) is 28.7. The summed E-state index contributed by atoms with van der Waals surface area (Å²) >= 11 is 0. The van der Waals surface area contributed by atoms with Crippen LogP contribution < -0.4 is 5.73 Å². The summed E-state index contributed by atoms with van der Waals surface area (Å²) in [4.78, 5) is 13.1. The predicted octanol–water partition coefficient (Wildman–Crippen LogP) is 2.96. The van der Waals surface area contributed by atoms with Gasteiger partial charge in [0.05, 0.1) is 17.3 Å². The number of anilines is 1. The van der Waals surface area contributed by atoms with Gasteiger partial charge < -0.3 is 25.3 Å². The van der Waals surface area contributed by atoms with Crippen LogP contribution in [0.2, 0.25) is 0 Å². The van der Waals surface area contributed by atoms with Crippen molar-refractivity contribution < 1.29 is 19.3 Å². The molecule has 3 aromatic heterocycles. The number of halogens is 1. The number of aryl methyl sites for hydroxylation is 2. The molecule has 9 heteroatoms. The van der Waals surface area contributed by atoms with E-state index in [9.17, 15) is 14.6 Å². The fourth-order valence-corrected chi connectivity index (χ4v) is 5.72. The maximum absolute atomic E-state index is 13.7. The number of nitrogen functional groups attached to an aromatic ring is 1. The molecule has 0 amide bonds. The number of nitrogens with zero attached hydrogens (tertiary/aromatic N) is 4. The van der Waals surface area contributed by atoms with Gasteiger partial charge in [0.1, 0.15) is 23.2 Å². The number of nitrogens with two attached hydrogens (primary N) is 1. The van der Waals surface area contributed by atoms with Crippen molar-refractivity contribution in [3.63, 3.8) is 0 Å². The molecule has 4 N–H and O–H groups in total. The number of pyridine rings is 1. The molecule has 5 atom stereocenters. The first kappa shape index (κ1) is 21.4. The Balaban J connectivity index is 1.30. The summed E-state index contributed by atoms with van der Waals surface area (Å²) in [6.07, 6.45) is 1.26. The van der Waals surface area contributed by atoms with Gasteiger partial charge in [-0.15, -0.1) is 0 Å². The molecule has 1 saturated heterocycles. The molecule has 6 rings (SSSR count). The number of aromatic nitrogens is 4. The Kier molecular flexibility index (Phi) is 4.68. The molecule has 2 fully saturated rings. The van der Waals surface area contributed by atoms with Crippen molar-refractivity contribution in [2.24, 2.45) is 5.92 Å². The number of aliphatic hydroxyl groups excluding tert-OH is 1. The third kappa shape index (κ3) is 3.11. The second-order valence-corrected chi connectivity index (χ2v) is 9.59. The van der Waals surface area contributed by atoms with Gasteiger partial charge in [-0.05, 0) is 62.8 Å². The third-order valence-electron chi connectivity index (χ3n) is 7.41. The predicted molar refractivity (Wildman–Crippen MR) is 124 cm³/mol. The largest absolute Gasteiger partial charge is 0.385 e. The zero-order chi connectivity index (χ0) is 23.8. The van der Waals surface area contributed by atoms with Gasteiger partial charge in [-0.1, -0.05) is 12.1 Å². The smallest absolute Gasteiger partial charge is 0.165 e. The number of hydrogen-bond acceptors (Lipinski definition) is 7. The van der Waals surface area contributed by atoms with Crippen molar-refractivity contribution in [1.82, 2.24) is 19.5 Å². The minimum absolute atomic E-state index is 0.000167. The Hall–Kier alpha value is -3.14. The number of aliphatic hydroxyl groups is 2. The average Bonchev–Trinajstić information content (AvgIpc) is 3.42. The Morgan fingerprint density at radius 2 is 2.03 bits per heavy atom. The fraction of sp³-hybridized carbons (Fsp3) is 0.400. The lowest BCUT2D eigenvalue weighted by Gasteiger charge is -2.26. The first-order chi connectivity index (χ1) is 16.2. The number of rotatable bonds is 3. The van der Waals surface area contributed by atoms with Crippen molar-refractivity contribution in [2.75, 3.05) is 5.73 Å². The molecule has 1 aliphatic heterocycles. The van der Waals surface area contributed by atoms with Crippen LogP contribution in [0, 0.1) is 25.6 Å². The molecule has 4 aromatic rings. The molecule has 1 aromatic carbocycles. The first-order valence-electron chi connectivity index (χ1n) is 11.5. The molecule has 176 valence electrons. The van der Waals surface area contributed by atoms with E-state index in [2.05, 4.69) is 15.0 Å². The van der Waals surface area contributed by atoms with Gasteiger partial charge in [-0.2, -0.15) is 0 Å². The zero-order valence-electron chi connectivity index (χ0n) is 18.9. The summed E-state index contributed by atoms with van der Waals surface area (Å²) in [5.41, 5.74) is 7.46. The Labute approximate surface area is 195 Å². The Morgan fingerprint density at radius 3 is 2.85 bits per heavy atom. The monoisotopic (exact) mass is 463 g/mol. The summed E-state index contributed by atoms with van der Waals surface area (Å²) in [5.74, 6) is -0.0219. The SMILES string of the molecule is Cc1nc(C)c2ccn([C@@H]3O[C@@H]4[C@H](Cc5ccc6cc(F)c(N)nc6c5)CC[C@]4(O)[C@H]3O)c2n1. The highest BCUT2D eigenvalue weighted by Gasteiger charge is 2.61. The number of benzene rings is 1. The molecule has 0 bridgehead atoms. The molecule has 34 heavy (non-hydrogen) atoms. The second-order valence-electron chi connectivity index (χ2n) is 9.59. The van der Waals surface area contributed by atoms with Gasteiger partial charge in [0.15, 0.2) is 17.9 Å². The van der Waals surface area contributed by atoms with E-state index in [1.165, 1.54) is 6.07 Å². The molecule has 0 unspecified atom stereocenters. The zero-order valence-corrected chi connectivity index (χ0v) is 18.9. The number of ether oxygens (including phenoxy) is 1. The Morgan fingerprint density at radius 1 is 1.21 bits per heavy atom. The van der Waals surface area contributed by atoms with Gasteiger partial charge in [0.2, 0.25) is 0 Å². The van der Waals surface area contributed by atoms with Crippen molar-refractivity contribution in [1.29, 1.82) is 0 Å². The van der Waals surface area contributed by atoms with Crippen LogP contribution in [0.5, 0.6) is 0 Å². The summed E-state index contributed by atoms with van der Waals surface area (Å²) in [5, 5.41) is 24.2.